The van der Waals surface area contributed by atoms with Gasteiger partial charge in [0.25, 0.3) is 0 Å². The van der Waals surface area contributed by atoms with Crippen molar-refractivity contribution < 1.29 is 0 Å². The Bertz CT molecular complexity index is 1040. The number of hydrogen-bond acceptors (Lipinski definition) is 4. The van der Waals surface area contributed by atoms with Crippen LogP contribution in [0.3, 0.4) is 0 Å². The lowest BCUT2D eigenvalue weighted by Gasteiger charge is -2.21. The lowest BCUT2D eigenvalue weighted by Crippen LogP contribution is -2.30. The van der Waals surface area contributed by atoms with Crippen molar-refractivity contribution in [2.24, 2.45) is 0 Å². The SMILES string of the molecule is CC(=C1CCC1)c1cc(-n2cc(NC3(Nc4ccccc4Cl)CC3)cn2)cs1. The van der Waals surface area contributed by atoms with Crippen molar-refractivity contribution in [2.45, 2.75) is 44.7 Å². The molecule has 0 atom stereocenters. The third kappa shape index (κ3) is 3.45. The van der Waals surface area contributed by atoms with Gasteiger partial charge in [-0.25, -0.2) is 4.68 Å². The van der Waals surface area contributed by atoms with Crippen LogP contribution >= 0.6 is 22.9 Å². The second kappa shape index (κ2) is 6.98. The molecule has 2 heterocycles. The van der Waals surface area contributed by atoms with Crippen LogP contribution in [0.5, 0.6) is 0 Å². The summed E-state index contributed by atoms with van der Waals surface area (Å²) in [5.74, 6) is 0. The number of nitrogens with zero attached hydrogens (tertiary/aromatic N) is 2. The number of nitrogens with one attached hydrogen (secondary N) is 2. The van der Waals surface area contributed by atoms with Crippen LogP contribution in [-0.4, -0.2) is 15.4 Å². The van der Waals surface area contributed by atoms with E-state index >= 15 is 0 Å². The predicted octanol–water partition coefficient (Wildman–Crippen LogP) is 6.56. The minimum Gasteiger partial charge on any atom is -0.362 e. The monoisotopic (exact) mass is 410 g/mol. The highest BCUT2D eigenvalue weighted by molar-refractivity contribution is 7.11. The van der Waals surface area contributed by atoms with E-state index in [1.165, 1.54) is 29.7 Å². The third-order valence-corrected chi connectivity index (χ3v) is 7.04. The summed E-state index contributed by atoms with van der Waals surface area (Å²) in [7, 11) is 0. The first-order valence-corrected chi connectivity index (χ1v) is 11.0. The smallest absolute Gasteiger partial charge is 0.108 e. The van der Waals surface area contributed by atoms with Gasteiger partial charge in [-0.2, -0.15) is 5.10 Å². The fraction of sp³-hybridized carbons (Fsp3) is 0.318. The van der Waals surface area contributed by atoms with E-state index in [0.717, 1.165) is 34.9 Å². The van der Waals surface area contributed by atoms with Gasteiger partial charge < -0.3 is 10.6 Å². The van der Waals surface area contributed by atoms with Crippen molar-refractivity contribution in [2.75, 3.05) is 10.6 Å². The Morgan fingerprint density at radius 1 is 1.21 bits per heavy atom. The Morgan fingerprint density at radius 2 is 2.04 bits per heavy atom. The maximum absolute atomic E-state index is 6.30. The van der Waals surface area contributed by atoms with Gasteiger partial charge in [0.05, 0.1) is 34.5 Å². The number of aromatic nitrogens is 2. The first kappa shape index (κ1) is 17.8. The zero-order chi connectivity index (χ0) is 19.1. The molecule has 0 unspecified atom stereocenters. The summed E-state index contributed by atoms with van der Waals surface area (Å²) < 4.78 is 1.95. The molecule has 0 spiro atoms. The quantitative estimate of drug-likeness (QED) is 0.452. The minimum absolute atomic E-state index is 0.135. The van der Waals surface area contributed by atoms with E-state index in [1.807, 2.05) is 35.1 Å². The van der Waals surface area contributed by atoms with E-state index in [2.05, 4.69) is 40.3 Å². The number of para-hydroxylation sites is 1. The molecule has 2 aliphatic rings. The van der Waals surface area contributed by atoms with Crippen molar-refractivity contribution in [3.8, 4) is 5.69 Å². The molecule has 1 aromatic carbocycles. The molecular formula is C22H23ClN4S. The number of thiophene rings is 1. The number of allylic oxidation sites excluding steroid dienone is 2. The van der Waals surface area contributed by atoms with E-state index in [0.29, 0.717) is 0 Å². The second-order valence-electron chi connectivity index (χ2n) is 7.74. The first-order chi connectivity index (χ1) is 13.6. The molecule has 2 fully saturated rings. The Labute approximate surface area is 174 Å². The van der Waals surface area contributed by atoms with Crippen LogP contribution in [0.15, 0.2) is 53.7 Å². The minimum atomic E-state index is -0.135. The molecule has 5 rings (SSSR count). The highest BCUT2D eigenvalue weighted by Crippen LogP contribution is 2.41. The van der Waals surface area contributed by atoms with Crippen LogP contribution in [0.2, 0.25) is 5.02 Å². The maximum Gasteiger partial charge on any atom is 0.108 e. The summed E-state index contributed by atoms with van der Waals surface area (Å²) in [6, 6.07) is 10.1. The lowest BCUT2D eigenvalue weighted by molar-refractivity contribution is 0.665. The average Bonchev–Trinajstić information content (AvgIpc) is 3.05. The summed E-state index contributed by atoms with van der Waals surface area (Å²) in [5.41, 5.74) is 6.02. The van der Waals surface area contributed by atoms with E-state index in [-0.39, 0.29) is 5.66 Å². The van der Waals surface area contributed by atoms with Gasteiger partial charge in [0, 0.05) is 10.3 Å². The van der Waals surface area contributed by atoms with E-state index in [1.54, 1.807) is 16.9 Å². The predicted molar refractivity (Wildman–Crippen MR) is 119 cm³/mol. The molecule has 0 aliphatic heterocycles. The largest absolute Gasteiger partial charge is 0.362 e. The molecule has 0 radical (unpaired) electrons. The van der Waals surface area contributed by atoms with Crippen molar-refractivity contribution >= 4 is 39.9 Å². The van der Waals surface area contributed by atoms with Gasteiger partial charge in [0.15, 0.2) is 0 Å². The highest BCUT2D eigenvalue weighted by Gasteiger charge is 2.43. The molecule has 0 saturated heterocycles. The van der Waals surface area contributed by atoms with Gasteiger partial charge in [-0.15, -0.1) is 11.3 Å². The normalized spacial score (nSPS) is 17.1. The molecule has 4 nitrogen and oxygen atoms in total. The molecule has 2 N–H and O–H groups in total. The van der Waals surface area contributed by atoms with Gasteiger partial charge in [0.1, 0.15) is 5.66 Å². The van der Waals surface area contributed by atoms with Crippen molar-refractivity contribution in [3.63, 3.8) is 0 Å². The molecule has 3 aromatic rings. The molecule has 0 bridgehead atoms. The molecular weight excluding hydrogens is 388 g/mol. The summed E-state index contributed by atoms with van der Waals surface area (Å²) >= 11 is 8.10. The van der Waals surface area contributed by atoms with Gasteiger partial charge in [-0.3, -0.25) is 0 Å². The first-order valence-electron chi connectivity index (χ1n) is 9.75. The molecule has 6 heteroatoms. The third-order valence-electron chi connectivity index (χ3n) is 5.67. The summed E-state index contributed by atoms with van der Waals surface area (Å²) in [5, 5.41) is 14.7. The molecule has 2 saturated carbocycles. The highest BCUT2D eigenvalue weighted by atomic mass is 35.5. The summed E-state index contributed by atoms with van der Waals surface area (Å²) in [4.78, 5) is 1.36. The van der Waals surface area contributed by atoms with Crippen LogP contribution in [0.1, 0.15) is 43.9 Å². The van der Waals surface area contributed by atoms with Gasteiger partial charge in [0.2, 0.25) is 0 Å². The van der Waals surface area contributed by atoms with Crippen molar-refractivity contribution in [1.29, 1.82) is 0 Å². The Kier molecular flexibility index (Phi) is 4.44. The summed E-state index contributed by atoms with van der Waals surface area (Å²) in [6.45, 7) is 2.25. The topological polar surface area (TPSA) is 41.9 Å². The summed E-state index contributed by atoms with van der Waals surface area (Å²) in [6.07, 6.45) is 9.92. The van der Waals surface area contributed by atoms with E-state index in [4.69, 9.17) is 11.6 Å². The standard InChI is InChI=1S/C22H23ClN4S/c1-15(16-5-4-6-16)21-11-18(14-28-21)27-13-17(12-24-27)25-22(9-10-22)26-20-8-3-2-7-19(20)23/h2-3,7-8,11-14,25-26H,4-6,9-10H2,1H3. The number of rotatable bonds is 6. The lowest BCUT2D eigenvalue weighted by atomic mass is 9.88. The Morgan fingerprint density at radius 3 is 2.75 bits per heavy atom. The zero-order valence-electron chi connectivity index (χ0n) is 15.8. The fourth-order valence-electron chi connectivity index (χ4n) is 3.58. The number of benzene rings is 1. The van der Waals surface area contributed by atoms with Gasteiger partial charge in [-0.05, 0) is 62.8 Å². The van der Waals surface area contributed by atoms with Crippen LogP contribution in [-0.2, 0) is 0 Å². The molecule has 2 aromatic heterocycles. The van der Waals surface area contributed by atoms with Gasteiger partial charge in [-0.1, -0.05) is 29.3 Å². The molecule has 0 amide bonds. The number of anilines is 2. The van der Waals surface area contributed by atoms with Crippen LogP contribution in [0.25, 0.3) is 11.3 Å². The molecule has 28 heavy (non-hydrogen) atoms. The Balaban J connectivity index is 1.30. The van der Waals surface area contributed by atoms with Crippen molar-refractivity contribution in [3.05, 3.63) is 63.6 Å². The van der Waals surface area contributed by atoms with Crippen molar-refractivity contribution in [1.82, 2.24) is 9.78 Å². The van der Waals surface area contributed by atoms with Crippen LogP contribution < -0.4 is 10.6 Å². The maximum atomic E-state index is 6.30. The Hall–Kier alpha value is -2.24. The van der Waals surface area contributed by atoms with Gasteiger partial charge >= 0.3 is 0 Å². The van der Waals surface area contributed by atoms with Crippen LogP contribution in [0.4, 0.5) is 11.4 Å². The fourth-order valence-corrected chi connectivity index (χ4v) is 4.69. The average molecular weight is 411 g/mol. The molecule has 2 aliphatic carbocycles. The number of halogens is 1. The zero-order valence-corrected chi connectivity index (χ0v) is 17.4. The van der Waals surface area contributed by atoms with Crippen LogP contribution in [0, 0.1) is 0 Å². The van der Waals surface area contributed by atoms with E-state index < -0.39 is 0 Å². The second-order valence-corrected chi connectivity index (χ2v) is 9.06. The molecule has 144 valence electrons. The van der Waals surface area contributed by atoms with E-state index in [9.17, 15) is 0 Å². The number of hydrogen-bond donors (Lipinski definition) is 2.